The Balaban J connectivity index is 1.77. The molecule has 1 aliphatic heterocycles. The number of aryl methyl sites for hydroxylation is 4. The molecule has 0 aliphatic carbocycles. The molecule has 2 aromatic rings. The maximum absolute atomic E-state index is 12.6. The van der Waals surface area contributed by atoms with Gasteiger partial charge in [0.2, 0.25) is 11.8 Å². The van der Waals surface area contributed by atoms with Gasteiger partial charge in [-0.3, -0.25) is 9.59 Å². The maximum Gasteiger partial charge on any atom is 0.234 e. The Hall–Kier alpha value is -3.04. The van der Waals surface area contributed by atoms with Crippen molar-refractivity contribution in [2.45, 2.75) is 40.0 Å². The average Bonchev–Trinajstić information content (AvgIpc) is 2.69. The van der Waals surface area contributed by atoms with Gasteiger partial charge in [0.05, 0.1) is 22.4 Å². The highest BCUT2D eigenvalue weighted by molar-refractivity contribution is 8.03. The number of carbonyl (C=O) groups excluding carboxylic acids is 2. The van der Waals surface area contributed by atoms with E-state index in [1.54, 1.807) is 0 Å². The molecule has 2 N–H and O–H groups in total. The van der Waals surface area contributed by atoms with E-state index in [0.717, 1.165) is 33.5 Å². The van der Waals surface area contributed by atoms with Crippen molar-refractivity contribution >= 4 is 29.3 Å². The minimum atomic E-state index is -0.295. The fraction of sp³-hybridized carbons (Fsp3) is 0.292. The topological polar surface area (TPSA) is 82.0 Å². The fourth-order valence-electron chi connectivity index (χ4n) is 3.71. The van der Waals surface area contributed by atoms with E-state index in [4.69, 9.17) is 0 Å². The highest BCUT2D eigenvalue weighted by Crippen LogP contribution is 2.36. The number of benzene rings is 2. The van der Waals surface area contributed by atoms with Crippen LogP contribution in [0.15, 0.2) is 47.0 Å². The summed E-state index contributed by atoms with van der Waals surface area (Å²) >= 11 is 1.19. The van der Waals surface area contributed by atoms with E-state index in [0.29, 0.717) is 10.6 Å². The minimum absolute atomic E-state index is 0.105. The SMILES string of the molecule is Cc1ccc(C2CC(=O)NC(SCC(=O)Nc3c(C)cc(C)cc3C)=C2C#N)cc1. The lowest BCUT2D eigenvalue weighted by atomic mass is 9.87. The number of hydrogen-bond donors (Lipinski definition) is 2. The van der Waals surface area contributed by atoms with E-state index in [2.05, 4.69) is 16.7 Å². The first-order chi connectivity index (χ1) is 14.3. The van der Waals surface area contributed by atoms with Gasteiger partial charge < -0.3 is 10.6 Å². The number of anilines is 1. The summed E-state index contributed by atoms with van der Waals surface area (Å²) in [4.78, 5) is 24.8. The average molecular weight is 420 g/mol. The van der Waals surface area contributed by atoms with Gasteiger partial charge in [0, 0.05) is 18.0 Å². The molecule has 0 fully saturated rings. The number of nitriles is 1. The van der Waals surface area contributed by atoms with Crippen molar-refractivity contribution in [1.82, 2.24) is 5.32 Å². The van der Waals surface area contributed by atoms with Crippen LogP contribution in [0.4, 0.5) is 5.69 Å². The summed E-state index contributed by atoms with van der Waals surface area (Å²) in [7, 11) is 0. The number of rotatable bonds is 5. The van der Waals surface area contributed by atoms with Gasteiger partial charge in [-0.05, 0) is 44.4 Å². The van der Waals surface area contributed by atoms with Crippen molar-refractivity contribution < 1.29 is 9.59 Å². The van der Waals surface area contributed by atoms with Gasteiger partial charge in [-0.15, -0.1) is 0 Å². The van der Waals surface area contributed by atoms with E-state index in [1.165, 1.54) is 11.8 Å². The van der Waals surface area contributed by atoms with E-state index < -0.39 is 0 Å². The molecule has 5 nitrogen and oxygen atoms in total. The molecule has 1 aliphatic rings. The molecule has 6 heteroatoms. The molecule has 2 amide bonds. The van der Waals surface area contributed by atoms with Crippen LogP contribution >= 0.6 is 11.8 Å². The molecule has 0 bridgehead atoms. The molecule has 2 aromatic carbocycles. The van der Waals surface area contributed by atoms with Crippen molar-refractivity contribution in [2.75, 3.05) is 11.1 Å². The Morgan fingerprint density at radius 1 is 1.13 bits per heavy atom. The minimum Gasteiger partial charge on any atom is -0.325 e. The van der Waals surface area contributed by atoms with Gasteiger partial charge >= 0.3 is 0 Å². The molecule has 0 aromatic heterocycles. The molecule has 3 rings (SSSR count). The summed E-state index contributed by atoms with van der Waals surface area (Å²) in [6.07, 6.45) is 0.226. The summed E-state index contributed by atoms with van der Waals surface area (Å²) in [6.45, 7) is 7.95. The zero-order valence-corrected chi connectivity index (χ0v) is 18.4. The van der Waals surface area contributed by atoms with Crippen LogP contribution in [0.5, 0.6) is 0 Å². The van der Waals surface area contributed by atoms with Gasteiger partial charge in [-0.1, -0.05) is 59.3 Å². The Morgan fingerprint density at radius 3 is 2.37 bits per heavy atom. The molecule has 0 spiro atoms. The van der Waals surface area contributed by atoms with Crippen LogP contribution < -0.4 is 10.6 Å². The molecule has 0 saturated carbocycles. The predicted octanol–water partition coefficient (Wildman–Crippen LogP) is 4.63. The Bertz CT molecular complexity index is 1040. The fourth-order valence-corrected chi connectivity index (χ4v) is 4.58. The van der Waals surface area contributed by atoms with E-state index in [9.17, 15) is 14.9 Å². The van der Waals surface area contributed by atoms with Gasteiger partial charge in [0.25, 0.3) is 0 Å². The molecule has 0 radical (unpaired) electrons. The summed E-state index contributed by atoms with van der Waals surface area (Å²) in [6, 6.07) is 14.2. The number of carbonyl (C=O) groups is 2. The zero-order valence-electron chi connectivity index (χ0n) is 17.6. The predicted molar refractivity (Wildman–Crippen MR) is 121 cm³/mol. The number of allylic oxidation sites excluding steroid dienone is 1. The van der Waals surface area contributed by atoms with Gasteiger partial charge in [0.1, 0.15) is 0 Å². The van der Waals surface area contributed by atoms with E-state index >= 15 is 0 Å². The normalized spacial score (nSPS) is 16.1. The lowest BCUT2D eigenvalue weighted by molar-refractivity contribution is -0.121. The number of thioether (sulfide) groups is 1. The standard InChI is InChI=1S/C24H25N3O2S/c1-14-5-7-18(8-6-14)19-11-21(28)27-24(20(19)12-25)30-13-22(29)26-23-16(3)9-15(2)10-17(23)4/h5-10,19H,11,13H2,1-4H3,(H,26,29)(H,27,28). The molecule has 1 heterocycles. The van der Waals surface area contributed by atoms with Crippen LogP contribution in [-0.4, -0.2) is 17.6 Å². The number of nitrogens with one attached hydrogen (secondary N) is 2. The van der Waals surface area contributed by atoms with Crippen molar-refractivity contribution in [1.29, 1.82) is 5.26 Å². The monoisotopic (exact) mass is 419 g/mol. The third-order valence-corrected chi connectivity index (χ3v) is 6.14. The first kappa shape index (κ1) is 21.7. The summed E-state index contributed by atoms with van der Waals surface area (Å²) < 4.78 is 0. The zero-order chi connectivity index (χ0) is 21.8. The lowest BCUT2D eigenvalue weighted by Gasteiger charge is -2.25. The first-order valence-electron chi connectivity index (χ1n) is 9.79. The van der Waals surface area contributed by atoms with Crippen molar-refractivity contribution in [3.8, 4) is 6.07 Å². The Kier molecular flexibility index (Phi) is 6.63. The van der Waals surface area contributed by atoms with Gasteiger partial charge in [0.15, 0.2) is 0 Å². The van der Waals surface area contributed by atoms with Crippen LogP contribution in [-0.2, 0) is 9.59 Å². The first-order valence-corrected chi connectivity index (χ1v) is 10.8. The largest absolute Gasteiger partial charge is 0.325 e. The quantitative estimate of drug-likeness (QED) is 0.740. The van der Waals surface area contributed by atoms with E-state index in [1.807, 2.05) is 64.1 Å². The number of nitrogens with zero attached hydrogens (tertiary/aromatic N) is 1. The summed E-state index contributed by atoms with van der Waals surface area (Å²) in [5.74, 6) is -0.510. The van der Waals surface area contributed by atoms with Crippen molar-refractivity contribution in [3.05, 3.63) is 74.8 Å². The summed E-state index contributed by atoms with van der Waals surface area (Å²) in [5.41, 5.74) is 6.52. The Morgan fingerprint density at radius 2 is 1.77 bits per heavy atom. The lowest BCUT2D eigenvalue weighted by Crippen LogP contribution is -2.31. The van der Waals surface area contributed by atoms with Gasteiger partial charge in [-0.2, -0.15) is 5.26 Å². The number of amides is 2. The smallest absolute Gasteiger partial charge is 0.234 e. The molecule has 1 unspecified atom stereocenters. The van der Waals surface area contributed by atoms with Crippen LogP contribution in [0.1, 0.15) is 40.2 Å². The van der Waals surface area contributed by atoms with E-state index in [-0.39, 0.29) is 29.9 Å². The third-order valence-electron chi connectivity index (χ3n) is 5.12. The van der Waals surface area contributed by atoms with Crippen molar-refractivity contribution in [2.24, 2.45) is 0 Å². The maximum atomic E-state index is 12.6. The molecular formula is C24H25N3O2S. The summed E-state index contributed by atoms with van der Waals surface area (Å²) in [5, 5.41) is 16.0. The highest BCUT2D eigenvalue weighted by Gasteiger charge is 2.29. The van der Waals surface area contributed by atoms with Gasteiger partial charge in [-0.25, -0.2) is 0 Å². The number of hydrogen-bond acceptors (Lipinski definition) is 4. The second-order valence-electron chi connectivity index (χ2n) is 7.68. The molecule has 1 atom stereocenters. The van der Waals surface area contributed by atoms with Crippen LogP contribution in [0.3, 0.4) is 0 Å². The third kappa shape index (κ3) is 4.92. The highest BCUT2D eigenvalue weighted by atomic mass is 32.2. The second kappa shape index (κ2) is 9.19. The molecule has 154 valence electrons. The molecular weight excluding hydrogens is 394 g/mol. The molecule has 30 heavy (non-hydrogen) atoms. The van der Waals surface area contributed by atoms with Crippen LogP contribution in [0.25, 0.3) is 0 Å². The van der Waals surface area contributed by atoms with Crippen LogP contribution in [0, 0.1) is 39.0 Å². The second-order valence-corrected chi connectivity index (χ2v) is 8.67. The van der Waals surface area contributed by atoms with Crippen LogP contribution in [0.2, 0.25) is 0 Å². The Labute approximate surface area is 181 Å². The molecule has 0 saturated heterocycles. The van der Waals surface area contributed by atoms with Crippen molar-refractivity contribution in [3.63, 3.8) is 0 Å².